The van der Waals surface area contributed by atoms with Gasteiger partial charge >= 0.3 is 0 Å². The molecule has 2 nitrogen and oxygen atoms in total. The average molecular weight is 391 g/mol. The number of rotatable bonds is 3. The van der Waals surface area contributed by atoms with Gasteiger partial charge in [0.25, 0.3) is 0 Å². The molecule has 0 aliphatic heterocycles. The quantitative estimate of drug-likeness (QED) is 0.570. The van der Waals surface area contributed by atoms with E-state index in [0.29, 0.717) is 11.1 Å². The number of fused-ring (bicyclic) bond motifs is 1. The zero-order valence-electron chi connectivity index (χ0n) is 13.4. The lowest BCUT2D eigenvalue weighted by Gasteiger charge is -2.22. The maximum absolute atomic E-state index is 13.0. The van der Waals surface area contributed by atoms with Crippen molar-refractivity contribution >= 4 is 27.5 Å². The molecule has 0 heterocycles. The van der Waals surface area contributed by atoms with E-state index in [4.69, 9.17) is 0 Å². The molecule has 0 saturated carbocycles. The van der Waals surface area contributed by atoms with Crippen LogP contribution in [0.25, 0.3) is 0 Å². The second kappa shape index (κ2) is 6.41. The zero-order valence-corrected chi connectivity index (χ0v) is 14.9. The highest BCUT2D eigenvalue weighted by molar-refractivity contribution is 9.10. The number of hydrogen-bond acceptors (Lipinski definition) is 2. The van der Waals surface area contributed by atoms with Gasteiger partial charge in [0.2, 0.25) is 0 Å². The summed E-state index contributed by atoms with van der Waals surface area (Å²) in [5.41, 5.74) is 3.02. The molecule has 0 amide bonds. The van der Waals surface area contributed by atoms with E-state index in [1.165, 1.54) is 0 Å². The first-order valence-corrected chi connectivity index (χ1v) is 8.94. The molecule has 4 rings (SSSR count). The SMILES string of the molecule is O=C1c2ccccc2C(=O)C1C(c1ccccc1)c1ccc(Br)cc1. The Hall–Kier alpha value is -2.52. The van der Waals surface area contributed by atoms with Gasteiger partial charge < -0.3 is 0 Å². The minimum absolute atomic E-state index is 0.0858. The summed E-state index contributed by atoms with van der Waals surface area (Å²) in [6.07, 6.45) is 0. The molecular formula is C22H15BrO2. The molecule has 0 spiro atoms. The number of Topliss-reactive ketones (excluding diaryl/α,β-unsaturated/α-hetero) is 2. The van der Waals surface area contributed by atoms with E-state index < -0.39 is 5.92 Å². The summed E-state index contributed by atoms with van der Waals surface area (Å²) in [5, 5.41) is 0. The minimum Gasteiger partial charge on any atom is -0.293 e. The Morgan fingerprint density at radius 3 is 1.68 bits per heavy atom. The van der Waals surface area contributed by atoms with Crippen molar-refractivity contribution in [1.29, 1.82) is 0 Å². The lowest BCUT2D eigenvalue weighted by molar-refractivity contribution is 0.0825. The summed E-state index contributed by atoms with van der Waals surface area (Å²) in [6.45, 7) is 0. The largest absolute Gasteiger partial charge is 0.293 e. The molecule has 1 atom stereocenters. The number of halogens is 1. The van der Waals surface area contributed by atoms with E-state index in [0.717, 1.165) is 15.6 Å². The van der Waals surface area contributed by atoms with Gasteiger partial charge in [-0.1, -0.05) is 82.7 Å². The maximum Gasteiger partial charge on any atom is 0.175 e. The average Bonchev–Trinajstić information content (AvgIpc) is 2.90. The normalized spacial score (nSPS) is 15.2. The predicted molar refractivity (Wildman–Crippen MR) is 101 cm³/mol. The van der Waals surface area contributed by atoms with Crippen LogP contribution in [0.5, 0.6) is 0 Å². The third-order valence-corrected chi connectivity index (χ3v) is 5.27. The summed E-state index contributed by atoms with van der Waals surface area (Å²) < 4.78 is 0.968. The fraction of sp³-hybridized carbons (Fsp3) is 0.0909. The molecule has 0 fully saturated rings. The Morgan fingerprint density at radius 2 is 1.12 bits per heavy atom. The van der Waals surface area contributed by atoms with E-state index in [9.17, 15) is 9.59 Å². The van der Waals surface area contributed by atoms with Gasteiger partial charge in [-0.15, -0.1) is 0 Å². The minimum atomic E-state index is -0.707. The Labute approximate surface area is 154 Å². The molecule has 1 aliphatic carbocycles. The van der Waals surface area contributed by atoms with Crippen molar-refractivity contribution in [3.05, 3.63) is 106 Å². The lowest BCUT2D eigenvalue weighted by atomic mass is 9.78. The molecule has 0 radical (unpaired) electrons. The van der Waals surface area contributed by atoms with Crippen molar-refractivity contribution in [3.8, 4) is 0 Å². The molecule has 3 aromatic rings. The molecule has 122 valence electrons. The molecule has 3 heteroatoms. The third-order valence-electron chi connectivity index (χ3n) is 4.74. The van der Waals surface area contributed by atoms with Crippen molar-refractivity contribution in [3.63, 3.8) is 0 Å². The Bertz CT molecular complexity index is 910. The first-order valence-electron chi connectivity index (χ1n) is 8.14. The molecule has 0 aromatic heterocycles. The molecule has 3 aromatic carbocycles. The van der Waals surface area contributed by atoms with Crippen molar-refractivity contribution in [2.45, 2.75) is 5.92 Å². The number of carbonyl (C=O) groups is 2. The highest BCUT2D eigenvalue weighted by Gasteiger charge is 2.44. The zero-order chi connectivity index (χ0) is 17.4. The molecule has 0 N–H and O–H groups in total. The first kappa shape index (κ1) is 16.0. The Kier molecular flexibility index (Phi) is 4.10. The van der Waals surface area contributed by atoms with Gasteiger partial charge in [0, 0.05) is 21.5 Å². The van der Waals surface area contributed by atoms with Crippen LogP contribution in [0.3, 0.4) is 0 Å². The van der Waals surface area contributed by atoms with E-state index in [-0.39, 0.29) is 17.5 Å². The van der Waals surface area contributed by atoms with Crippen LogP contribution < -0.4 is 0 Å². The molecule has 0 bridgehead atoms. The van der Waals surface area contributed by atoms with Gasteiger partial charge in [-0.2, -0.15) is 0 Å². The van der Waals surface area contributed by atoms with Gasteiger partial charge in [-0.3, -0.25) is 9.59 Å². The topological polar surface area (TPSA) is 34.1 Å². The fourth-order valence-electron chi connectivity index (χ4n) is 3.58. The third kappa shape index (κ3) is 2.75. The van der Waals surface area contributed by atoms with Crippen molar-refractivity contribution in [1.82, 2.24) is 0 Å². The van der Waals surface area contributed by atoms with Gasteiger partial charge in [0.1, 0.15) is 0 Å². The van der Waals surface area contributed by atoms with Crippen LogP contribution in [0.2, 0.25) is 0 Å². The number of benzene rings is 3. The maximum atomic E-state index is 13.0. The van der Waals surface area contributed by atoms with E-state index >= 15 is 0 Å². The van der Waals surface area contributed by atoms with Crippen LogP contribution in [0, 0.1) is 5.92 Å². The molecule has 1 aliphatic rings. The van der Waals surface area contributed by atoms with Gasteiger partial charge in [0.15, 0.2) is 11.6 Å². The second-order valence-electron chi connectivity index (χ2n) is 6.19. The smallest absolute Gasteiger partial charge is 0.175 e. The lowest BCUT2D eigenvalue weighted by Crippen LogP contribution is -2.24. The van der Waals surface area contributed by atoms with Crippen LogP contribution in [-0.2, 0) is 0 Å². The summed E-state index contributed by atoms with van der Waals surface area (Å²) in [5.74, 6) is -1.17. The molecule has 1 unspecified atom stereocenters. The van der Waals surface area contributed by atoms with Crippen molar-refractivity contribution in [2.24, 2.45) is 5.92 Å². The van der Waals surface area contributed by atoms with Crippen LogP contribution >= 0.6 is 15.9 Å². The summed E-state index contributed by atoms with van der Waals surface area (Å²) >= 11 is 3.45. The Balaban J connectivity index is 1.86. The van der Waals surface area contributed by atoms with Crippen LogP contribution in [0.1, 0.15) is 37.8 Å². The number of carbonyl (C=O) groups excluding carboxylic acids is 2. The fourth-order valence-corrected chi connectivity index (χ4v) is 3.84. The number of ketones is 2. The van der Waals surface area contributed by atoms with Crippen molar-refractivity contribution in [2.75, 3.05) is 0 Å². The van der Waals surface area contributed by atoms with Crippen LogP contribution in [0.15, 0.2) is 83.3 Å². The van der Waals surface area contributed by atoms with Crippen LogP contribution in [0.4, 0.5) is 0 Å². The summed E-state index contributed by atoms with van der Waals surface area (Å²) in [7, 11) is 0. The standard InChI is InChI=1S/C22H15BrO2/c23-16-12-10-15(11-13-16)19(14-6-2-1-3-7-14)20-21(24)17-8-4-5-9-18(17)22(20)25/h1-13,19-20H. The van der Waals surface area contributed by atoms with Crippen LogP contribution in [-0.4, -0.2) is 11.6 Å². The first-order chi connectivity index (χ1) is 12.2. The summed E-state index contributed by atoms with van der Waals surface area (Å²) in [4.78, 5) is 26.1. The van der Waals surface area contributed by atoms with E-state index in [1.54, 1.807) is 12.1 Å². The summed E-state index contributed by atoms with van der Waals surface area (Å²) in [6, 6.07) is 24.8. The monoisotopic (exact) mass is 390 g/mol. The van der Waals surface area contributed by atoms with Gasteiger partial charge in [0.05, 0.1) is 5.92 Å². The number of hydrogen-bond donors (Lipinski definition) is 0. The predicted octanol–water partition coefficient (Wildman–Crippen LogP) is 5.28. The molecule has 0 saturated heterocycles. The molecular weight excluding hydrogens is 376 g/mol. The Morgan fingerprint density at radius 1 is 0.640 bits per heavy atom. The second-order valence-corrected chi connectivity index (χ2v) is 7.11. The van der Waals surface area contributed by atoms with E-state index in [2.05, 4.69) is 15.9 Å². The molecule has 25 heavy (non-hydrogen) atoms. The van der Waals surface area contributed by atoms with Gasteiger partial charge in [-0.05, 0) is 23.3 Å². The highest BCUT2D eigenvalue weighted by Crippen LogP contribution is 2.40. The van der Waals surface area contributed by atoms with Crippen molar-refractivity contribution < 1.29 is 9.59 Å². The van der Waals surface area contributed by atoms with Gasteiger partial charge in [-0.25, -0.2) is 0 Å². The van der Waals surface area contributed by atoms with E-state index in [1.807, 2.05) is 66.7 Å². The highest BCUT2D eigenvalue weighted by atomic mass is 79.9.